The minimum Gasteiger partial charge on any atom is -0.469 e. The van der Waals surface area contributed by atoms with Crippen LogP contribution in [0.5, 0.6) is 0 Å². The predicted molar refractivity (Wildman–Crippen MR) is 74.0 cm³/mol. The molecule has 0 aliphatic heterocycles. The van der Waals surface area contributed by atoms with Gasteiger partial charge in [0.05, 0.1) is 30.7 Å². The zero-order valence-electron chi connectivity index (χ0n) is 13.1. The van der Waals surface area contributed by atoms with E-state index < -0.39 is 22.4 Å². The molecule has 0 saturated heterocycles. The van der Waals surface area contributed by atoms with E-state index in [4.69, 9.17) is 9.47 Å². The Hall–Kier alpha value is -1.10. The zero-order chi connectivity index (χ0) is 15.6. The highest BCUT2D eigenvalue weighted by Crippen LogP contribution is 2.58. The van der Waals surface area contributed by atoms with Crippen molar-refractivity contribution in [1.82, 2.24) is 0 Å². The number of hydrogen-bond donors (Lipinski definition) is 1. The Bertz CT molecular complexity index is 394. The van der Waals surface area contributed by atoms with Gasteiger partial charge in [0.2, 0.25) is 0 Å². The summed E-state index contributed by atoms with van der Waals surface area (Å²) in [6, 6.07) is 0. The van der Waals surface area contributed by atoms with Crippen LogP contribution in [0.25, 0.3) is 0 Å². The number of unbranched alkanes of at least 4 members (excludes halogenated alkanes) is 1. The molecular weight excluding hydrogens is 260 g/mol. The molecule has 0 unspecified atom stereocenters. The molecule has 0 heterocycles. The molecule has 0 spiro atoms. The summed E-state index contributed by atoms with van der Waals surface area (Å²) in [4.78, 5) is 24.2. The normalized spacial score (nSPS) is 36.7. The van der Waals surface area contributed by atoms with E-state index >= 15 is 0 Å². The Labute approximate surface area is 120 Å². The van der Waals surface area contributed by atoms with Gasteiger partial charge in [0.15, 0.2) is 0 Å². The lowest BCUT2D eigenvalue weighted by atomic mass is 9.73. The van der Waals surface area contributed by atoms with Crippen LogP contribution in [0.3, 0.4) is 0 Å². The van der Waals surface area contributed by atoms with Gasteiger partial charge in [-0.15, -0.1) is 0 Å². The third-order valence-corrected chi connectivity index (χ3v) is 4.71. The molecule has 20 heavy (non-hydrogen) atoms. The number of methoxy groups -OCH3 is 2. The van der Waals surface area contributed by atoms with E-state index in [0.717, 1.165) is 12.8 Å². The average Bonchev–Trinajstić information content (AvgIpc) is 2.63. The van der Waals surface area contributed by atoms with Crippen molar-refractivity contribution >= 4 is 11.9 Å². The van der Waals surface area contributed by atoms with E-state index in [-0.39, 0.29) is 18.8 Å². The molecule has 0 bridgehead atoms. The van der Waals surface area contributed by atoms with E-state index in [2.05, 4.69) is 0 Å². The van der Waals surface area contributed by atoms with Crippen LogP contribution < -0.4 is 0 Å². The van der Waals surface area contributed by atoms with Crippen LogP contribution in [0.1, 0.15) is 52.9 Å². The van der Waals surface area contributed by atoms with E-state index in [1.54, 1.807) is 13.8 Å². The minimum atomic E-state index is -1.24. The number of aliphatic hydroxyl groups is 1. The Kier molecular flexibility index (Phi) is 4.85. The molecule has 0 amide bonds. The third kappa shape index (κ3) is 2.55. The van der Waals surface area contributed by atoms with Crippen LogP contribution in [-0.2, 0) is 19.1 Å². The second-order valence-electron chi connectivity index (χ2n) is 6.36. The van der Waals surface area contributed by atoms with Crippen LogP contribution >= 0.6 is 0 Å². The minimum absolute atomic E-state index is 0.221. The molecule has 1 N–H and O–H groups in total. The summed E-state index contributed by atoms with van der Waals surface area (Å²) in [7, 11) is 2.63. The van der Waals surface area contributed by atoms with Gasteiger partial charge in [0.25, 0.3) is 0 Å². The van der Waals surface area contributed by atoms with Gasteiger partial charge in [-0.1, -0.05) is 19.8 Å². The Balaban J connectivity index is 3.18. The molecule has 5 nitrogen and oxygen atoms in total. The average molecular weight is 286 g/mol. The molecule has 0 aromatic carbocycles. The van der Waals surface area contributed by atoms with E-state index in [1.807, 2.05) is 6.92 Å². The third-order valence-electron chi connectivity index (χ3n) is 4.71. The zero-order valence-corrected chi connectivity index (χ0v) is 13.1. The number of carbonyl (C=O) groups is 2. The van der Waals surface area contributed by atoms with Crippen molar-refractivity contribution in [1.29, 1.82) is 0 Å². The van der Waals surface area contributed by atoms with Crippen molar-refractivity contribution < 1.29 is 24.2 Å². The monoisotopic (exact) mass is 286 g/mol. The molecule has 1 aliphatic rings. The lowest BCUT2D eigenvalue weighted by molar-refractivity contribution is -0.167. The van der Waals surface area contributed by atoms with Crippen molar-refractivity contribution in [2.45, 2.75) is 58.5 Å². The first-order valence-electron chi connectivity index (χ1n) is 7.08. The van der Waals surface area contributed by atoms with Gasteiger partial charge in [-0.3, -0.25) is 9.59 Å². The van der Waals surface area contributed by atoms with Crippen LogP contribution in [0.15, 0.2) is 0 Å². The van der Waals surface area contributed by atoms with Gasteiger partial charge in [0, 0.05) is 0 Å². The Morgan fingerprint density at radius 2 is 1.65 bits per heavy atom. The summed E-state index contributed by atoms with van der Waals surface area (Å²) in [5.74, 6) is -0.858. The van der Waals surface area contributed by atoms with E-state index in [1.165, 1.54) is 14.2 Å². The van der Waals surface area contributed by atoms with E-state index in [9.17, 15) is 14.7 Å². The molecule has 116 valence electrons. The van der Waals surface area contributed by atoms with Crippen LogP contribution in [-0.4, -0.2) is 36.9 Å². The van der Waals surface area contributed by atoms with Crippen molar-refractivity contribution in [3.05, 3.63) is 0 Å². The smallest absolute Gasteiger partial charge is 0.314 e. The number of esters is 2. The molecule has 3 atom stereocenters. The number of hydrogen-bond acceptors (Lipinski definition) is 5. The number of ether oxygens (including phenoxy) is 2. The fourth-order valence-corrected chi connectivity index (χ4v) is 3.56. The summed E-state index contributed by atoms with van der Waals surface area (Å²) < 4.78 is 9.71. The Morgan fingerprint density at radius 1 is 1.10 bits per heavy atom. The van der Waals surface area contributed by atoms with Gasteiger partial charge in [-0.05, 0) is 33.1 Å². The molecule has 1 saturated carbocycles. The van der Waals surface area contributed by atoms with Crippen LogP contribution in [0.4, 0.5) is 0 Å². The number of carbonyl (C=O) groups excluding carboxylic acids is 2. The molecular formula is C15H26O5. The quantitative estimate of drug-likeness (QED) is 0.783. The highest BCUT2D eigenvalue weighted by Gasteiger charge is 2.65. The lowest BCUT2D eigenvalue weighted by Crippen LogP contribution is -2.47. The first-order chi connectivity index (χ1) is 9.19. The summed E-state index contributed by atoms with van der Waals surface area (Å²) in [5.41, 5.74) is -3.18. The topological polar surface area (TPSA) is 72.8 Å². The maximum Gasteiger partial charge on any atom is 0.314 e. The number of rotatable bonds is 5. The highest BCUT2D eigenvalue weighted by molar-refractivity contribution is 5.83. The van der Waals surface area contributed by atoms with Gasteiger partial charge in [-0.25, -0.2) is 0 Å². The largest absolute Gasteiger partial charge is 0.469 e. The second kappa shape index (κ2) is 5.72. The maximum atomic E-state index is 12.2. The first-order valence-corrected chi connectivity index (χ1v) is 7.08. The molecule has 5 heteroatoms. The summed E-state index contributed by atoms with van der Waals surface area (Å²) in [5, 5.41) is 11.0. The standard InChI is InChI=1S/C15H26O5/c1-6-7-8-15(18)10-13(2,11(16)19-4)9-14(15,3)12(17)20-5/h18H,6-10H2,1-5H3/t13-,14+,15+/m1/s1. The summed E-state index contributed by atoms with van der Waals surface area (Å²) in [6.45, 7) is 5.44. The Morgan fingerprint density at radius 3 is 2.10 bits per heavy atom. The SMILES string of the molecule is CCCC[C@]1(O)C[C@](C)(C(=O)OC)C[C@@]1(C)C(=O)OC. The first kappa shape index (κ1) is 17.0. The van der Waals surface area contributed by atoms with Crippen LogP contribution in [0.2, 0.25) is 0 Å². The molecule has 0 radical (unpaired) electrons. The fourth-order valence-electron chi connectivity index (χ4n) is 3.56. The van der Waals surface area contributed by atoms with Crippen molar-refractivity contribution in [3.8, 4) is 0 Å². The van der Waals surface area contributed by atoms with Crippen LogP contribution in [0, 0.1) is 10.8 Å². The van der Waals surface area contributed by atoms with Crippen molar-refractivity contribution in [2.24, 2.45) is 10.8 Å². The van der Waals surface area contributed by atoms with E-state index in [0.29, 0.717) is 6.42 Å². The molecule has 1 aliphatic carbocycles. The second-order valence-corrected chi connectivity index (χ2v) is 6.36. The van der Waals surface area contributed by atoms with Gasteiger partial charge < -0.3 is 14.6 Å². The predicted octanol–water partition coefficient (Wildman–Crippen LogP) is 2.06. The molecule has 1 rings (SSSR count). The van der Waals surface area contributed by atoms with Crippen molar-refractivity contribution in [2.75, 3.05) is 14.2 Å². The summed E-state index contributed by atoms with van der Waals surface area (Å²) >= 11 is 0. The molecule has 0 aromatic rings. The van der Waals surface area contributed by atoms with Gasteiger partial charge >= 0.3 is 11.9 Å². The molecule has 1 fully saturated rings. The summed E-state index contributed by atoms with van der Waals surface area (Å²) in [6.07, 6.45) is 2.63. The van der Waals surface area contributed by atoms with Gasteiger partial charge in [-0.2, -0.15) is 0 Å². The van der Waals surface area contributed by atoms with Gasteiger partial charge in [0.1, 0.15) is 0 Å². The van der Waals surface area contributed by atoms with Crippen molar-refractivity contribution in [3.63, 3.8) is 0 Å². The lowest BCUT2D eigenvalue weighted by Gasteiger charge is -2.37. The highest BCUT2D eigenvalue weighted by atomic mass is 16.5. The fraction of sp³-hybridized carbons (Fsp3) is 0.867. The molecule has 0 aromatic heterocycles. The maximum absolute atomic E-state index is 12.2.